The monoisotopic (exact) mass is 445 g/mol. The minimum Gasteiger partial charge on any atom is -0.396 e. The molecule has 0 fully saturated rings. The average Bonchev–Trinajstić information content (AvgIpc) is 2.99. The van der Waals surface area contributed by atoms with Gasteiger partial charge in [-0.05, 0) is 12.5 Å². The molecule has 1 heterocycles. The predicted octanol–water partition coefficient (Wildman–Crippen LogP) is 1.83. The number of aliphatic hydroxyl groups is 1. The first kappa shape index (κ1) is 20.4. The molecule has 0 saturated heterocycles. The van der Waals surface area contributed by atoms with Crippen molar-refractivity contribution in [2.24, 2.45) is 4.99 Å². The molecule has 7 nitrogen and oxygen atoms in total. The van der Waals surface area contributed by atoms with E-state index in [0.29, 0.717) is 30.8 Å². The Labute approximate surface area is 159 Å². The van der Waals surface area contributed by atoms with E-state index in [1.54, 1.807) is 6.92 Å². The van der Waals surface area contributed by atoms with E-state index >= 15 is 0 Å². The van der Waals surface area contributed by atoms with E-state index in [-0.39, 0.29) is 36.5 Å². The van der Waals surface area contributed by atoms with Crippen molar-refractivity contribution in [3.8, 4) is 0 Å². The van der Waals surface area contributed by atoms with Crippen LogP contribution in [0.3, 0.4) is 0 Å². The lowest BCUT2D eigenvalue weighted by Gasteiger charge is -2.17. The molecule has 2 rings (SSSR count). The van der Waals surface area contributed by atoms with E-state index in [2.05, 4.69) is 25.8 Å². The molecule has 0 saturated carbocycles. The molecule has 2 aromatic rings. The Morgan fingerprint density at radius 1 is 1.29 bits per heavy atom. The zero-order chi connectivity index (χ0) is 16.5. The summed E-state index contributed by atoms with van der Waals surface area (Å²) in [6.45, 7) is 5.47. The molecule has 24 heavy (non-hydrogen) atoms. The summed E-state index contributed by atoms with van der Waals surface area (Å²) in [5.41, 5.74) is 1.09. The molecule has 1 atom stereocenters. The van der Waals surface area contributed by atoms with Crippen molar-refractivity contribution in [1.29, 1.82) is 0 Å². The van der Waals surface area contributed by atoms with E-state index in [0.717, 1.165) is 12.1 Å². The van der Waals surface area contributed by atoms with Crippen LogP contribution in [0.15, 0.2) is 39.8 Å². The van der Waals surface area contributed by atoms with E-state index in [9.17, 15) is 5.11 Å². The van der Waals surface area contributed by atoms with Crippen LogP contribution in [0.4, 0.5) is 0 Å². The number of benzene rings is 1. The number of halogens is 1. The third-order valence-electron chi connectivity index (χ3n) is 3.30. The van der Waals surface area contributed by atoms with Gasteiger partial charge in [-0.2, -0.15) is 4.98 Å². The highest BCUT2D eigenvalue weighted by atomic mass is 127. The van der Waals surface area contributed by atoms with E-state index in [4.69, 9.17) is 4.52 Å². The Morgan fingerprint density at radius 2 is 2.04 bits per heavy atom. The zero-order valence-electron chi connectivity index (χ0n) is 13.9. The summed E-state index contributed by atoms with van der Waals surface area (Å²) in [7, 11) is 0. The molecule has 0 aliphatic carbocycles. The second-order valence-electron chi connectivity index (χ2n) is 5.10. The highest BCUT2D eigenvalue weighted by Crippen LogP contribution is 2.13. The number of rotatable bonds is 7. The van der Waals surface area contributed by atoms with Gasteiger partial charge >= 0.3 is 0 Å². The van der Waals surface area contributed by atoms with Crippen molar-refractivity contribution in [2.45, 2.75) is 26.3 Å². The van der Waals surface area contributed by atoms with Gasteiger partial charge in [0.25, 0.3) is 0 Å². The standard InChI is InChI=1S/C16H23N5O2.HI/c1-3-17-16(19-10-15-20-12(2)23-21-15)18-9-14(11-22)13-7-5-4-6-8-13;/h4-8,14,22H,3,9-11H2,1-2H3,(H2,17,18,19);1H. The van der Waals surface area contributed by atoms with Gasteiger partial charge in [-0.25, -0.2) is 4.99 Å². The van der Waals surface area contributed by atoms with Crippen molar-refractivity contribution < 1.29 is 9.63 Å². The molecule has 132 valence electrons. The van der Waals surface area contributed by atoms with Gasteiger partial charge in [0, 0.05) is 25.9 Å². The molecule has 0 bridgehead atoms. The van der Waals surface area contributed by atoms with E-state index < -0.39 is 0 Å². The van der Waals surface area contributed by atoms with Gasteiger partial charge in [0.1, 0.15) is 6.54 Å². The lowest BCUT2D eigenvalue weighted by atomic mass is 10.0. The smallest absolute Gasteiger partial charge is 0.223 e. The highest BCUT2D eigenvalue weighted by Gasteiger charge is 2.11. The minimum atomic E-state index is 0. The van der Waals surface area contributed by atoms with Gasteiger partial charge in [0.2, 0.25) is 5.89 Å². The molecule has 0 aliphatic rings. The summed E-state index contributed by atoms with van der Waals surface area (Å²) in [6.07, 6.45) is 0. The van der Waals surface area contributed by atoms with Crippen LogP contribution in [0.1, 0.15) is 30.1 Å². The van der Waals surface area contributed by atoms with Gasteiger partial charge in [0.15, 0.2) is 11.8 Å². The lowest BCUT2D eigenvalue weighted by molar-refractivity contribution is 0.265. The summed E-state index contributed by atoms with van der Waals surface area (Å²) in [5, 5.41) is 19.8. The second kappa shape index (κ2) is 11.0. The zero-order valence-corrected chi connectivity index (χ0v) is 16.2. The molecule has 0 aliphatic heterocycles. The predicted molar refractivity (Wildman–Crippen MR) is 104 cm³/mol. The number of aliphatic hydroxyl groups excluding tert-OH is 1. The maximum Gasteiger partial charge on any atom is 0.223 e. The number of nitrogens with one attached hydrogen (secondary N) is 2. The molecule has 3 N–H and O–H groups in total. The Hall–Kier alpha value is -1.68. The van der Waals surface area contributed by atoms with Crippen LogP contribution >= 0.6 is 24.0 Å². The summed E-state index contributed by atoms with van der Waals surface area (Å²) in [6, 6.07) is 9.92. The number of nitrogens with zero attached hydrogens (tertiary/aromatic N) is 3. The number of guanidine groups is 1. The lowest BCUT2D eigenvalue weighted by Crippen LogP contribution is -2.40. The maximum atomic E-state index is 9.60. The summed E-state index contributed by atoms with van der Waals surface area (Å²) in [5.74, 6) is 1.73. The maximum absolute atomic E-state index is 9.60. The minimum absolute atomic E-state index is 0. The topological polar surface area (TPSA) is 95.6 Å². The van der Waals surface area contributed by atoms with Crippen molar-refractivity contribution in [1.82, 2.24) is 20.8 Å². The van der Waals surface area contributed by atoms with Crippen LogP contribution in [0.25, 0.3) is 0 Å². The first-order valence-corrected chi connectivity index (χ1v) is 7.70. The molecular formula is C16H24IN5O2. The van der Waals surface area contributed by atoms with E-state index in [1.807, 2.05) is 37.3 Å². The fourth-order valence-corrected chi connectivity index (χ4v) is 2.13. The van der Waals surface area contributed by atoms with Gasteiger partial charge in [-0.1, -0.05) is 35.5 Å². The van der Waals surface area contributed by atoms with Crippen molar-refractivity contribution in [3.05, 3.63) is 47.6 Å². The van der Waals surface area contributed by atoms with Crippen LogP contribution < -0.4 is 10.6 Å². The van der Waals surface area contributed by atoms with Crippen LogP contribution in [0, 0.1) is 6.92 Å². The Morgan fingerprint density at radius 3 is 2.62 bits per heavy atom. The van der Waals surface area contributed by atoms with Crippen LogP contribution in [0.5, 0.6) is 0 Å². The molecule has 8 heteroatoms. The van der Waals surface area contributed by atoms with Gasteiger partial charge in [-0.3, -0.25) is 0 Å². The molecule has 0 radical (unpaired) electrons. The average molecular weight is 445 g/mol. The quantitative estimate of drug-likeness (QED) is 0.342. The van der Waals surface area contributed by atoms with Crippen molar-refractivity contribution >= 4 is 29.9 Å². The Kier molecular flexibility index (Phi) is 9.31. The first-order chi connectivity index (χ1) is 11.2. The van der Waals surface area contributed by atoms with Crippen LogP contribution in [-0.4, -0.2) is 40.9 Å². The Bertz CT molecular complexity index is 618. The fourth-order valence-electron chi connectivity index (χ4n) is 2.13. The Balaban J connectivity index is 0.00000288. The largest absolute Gasteiger partial charge is 0.396 e. The third kappa shape index (κ3) is 6.44. The van der Waals surface area contributed by atoms with E-state index in [1.165, 1.54) is 0 Å². The SMILES string of the molecule is CCNC(=NCc1noc(C)n1)NCC(CO)c1ccccc1.I. The number of hydrogen-bond donors (Lipinski definition) is 3. The van der Waals surface area contributed by atoms with Crippen LogP contribution in [-0.2, 0) is 6.54 Å². The van der Waals surface area contributed by atoms with Gasteiger partial charge < -0.3 is 20.3 Å². The summed E-state index contributed by atoms with van der Waals surface area (Å²) < 4.78 is 4.93. The molecule has 1 unspecified atom stereocenters. The fraction of sp³-hybridized carbons (Fsp3) is 0.438. The van der Waals surface area contributed by atoms with Gasteiger partial charge in [0.05, 0.1) is 6.61 Å². The second-order valence-corrected chi connectivity index (χ2v) is 5.10. The normalized spacial score (nSPS) is 12.4. The number of hydrogen-bond acceptors (Lipinski definition) is 5. The third-order valence-corrected chi connectivity index (χ3v) is 3.30. The molecular weight excluding hydrogens is 421 g/mol. The number of aliphatic imine (C=N–C) groups is 1. The van der Waals surface area contributed by atoms with Gasteiger partial charge in [-0.15, -0.1) is 24.0 Å². The molecule has 1 aromatic heterocycles. The van der Waals surface area contributed by atoms with Crippen molar-refractivity contribution in [2.75, 3.05) is 19.7 Å². The van der Waals surface area contributed by atoms with Crippen LogP contribution in [0.2, 0.25) is 0 Å². The van der Waals surface area contributed by atoms with Crippen molar-refractivity contribution in [3.63, 3.8) is 0 Å². The summed E-state index contributed by atoms with van der Waals surface area (Å²) in [4.78, 5) is 8.55. The molecule has 1 aromatic carbocycles. The molecule has 0 amide bonds. The number of aryl methyl sites for hydroxylation is 1. The number of aromatic nitrogens is 2. The molecule has 0 spiro atoms. The summed E-state index contributed by atoms with van der Waals surface area (Å²) >= 11 is 0. The first-order valence-electron chi connectivity index (χ1n) is 7.70. The highest BCUT2D eigenvalue weighted by molar-refractivity contribution is 14.0.